The van der Waals surface area contributed by atoms with Crippen LogP contribution in [0.25, 0.3) is 11.3 Å². The number of rotatable bonds is 6. The molecule has 158 valence electrons. The zero-order chi connectivity index (χ0) is 22.7. The van der Waals surface area contributed by atoms with E-state index >= 15 is 0 Å². The molecule has 0 atom stereocenters. The van der Waals surface area contributed by atoms with Gasteiger partial charge in [0.1, 0.15) is 0 Å². The molecular weight excluding hydrogens is 488 g/mol. The van der Waals surface area contributed by atoms with Gasteiger partial charge >= 0.3 is 0 Å². The maximum absolute atomic E-state index is 12.6. The van der Waals surface area contributed by atoms with E-state index in [0.29, 0.717) is 16.3 Å². The fourth-order valence-electron chi connectivity index (χ4n) is 3.12. The Morgan fingerprint density at radius 3 is 1.97 bits per heavy atom. The molecule has 1 heterocycles. The van der Waals surface area contributed by atoms with Gasteiger partial charge in [0.25, 0.3) is 5.91 Å². The molecule has 0 fully saturated rings. The molecule has 4 rings (SSSR count). The van der Waals surface area contributed by atoms with Gasteiger partial charge in [-0.2, -0.15) is 0 Å². The number of benzene rings is 3. The average molecular weight is 505 g/mol. The zero-order valence-electron chi connectivity index (χ0n) is 17.0. The van der Waals surface area contributed by atoms with Crippen molar-refractivity contribution in [3.8, 4) is 11.3 Å². The smallest absolute Gasteiger partial charge is 0.257 e. The molecule has 0 saturated heterocycles. The number of hydrogen-bond acceptors (Lipinski definition) is 5. The van der Waals surface area contributed by atoms with Crippen molar-refractivity contribution in [2.24, 2.45) is 0 Å². The second kappa shape index (κ2) is 9.38. The minimum Gasteiger partial charge on any atom is -0.298 e. The third kappa shape index (κ3) is 4.74. The van der Waals surface area contributed by atoms with Crippen molar-refractivity contribution in [2.45, 2.75) is 6.92 Å². The lowest BCUT2D eigenvalue weighted by atomic mass is 10.0. The van der Waals surface area contributed by atoms with Gasteiger partial charge in [-0.05, 0) is 31.2 Å². The summed E-state index contributed by atoms with van der Waals surface area (Å²) in [6, 6.07) is 22.2. The predicted octanol–water partition coefficient (Wildman–Crippen LogP) is 6.20. The van der Waals surface area contributed by atoms with Crippen LogP contribution in [-0.4, -0.2) is 22.5 Å². The van der Waals surface area contributed by atoms with Crippen LogP contribution in [0.5, 0.6) is 0 Å². The highest BCUT2D eigenvalue weighted by Crippen LogP contribution is 2.31. The van der Waals surface area contributed by atoms with E-state index in [1.807, 2.05) is 31.2 Å². The summed E-state index contributed by atoms with van der Waals surface area (Å²) >= 11 is 4.81. The number of hydrogen-bond donors (Lipinski definition) is 1. The highest BCUT2D eigenvalue weighted by molar-refractivity contribution is 9.10. The SMILES string of the molecule is Cc1sc(NC(=O)c2ccc(C(=O)C(=O)c3ccccc3)cc2)nc1-c1ccc(Br)cc1. The fourth-order valence-corrected chi connectivity index (χ4v) is 4.21. The summed E-state index contributed by atoms with van der Waals surface area (Å²) in [6.07, 6.45) is 0. The number of Topliss-reactive ketones (excluding diaryl/α,β-unsaturated/α-hetero) is 2. The van der Waals surface area contributed by atoms with Crippen molar-refractivity contribution < 1.29 is 14.4 Å². The Hall–Kier alpha value is -3.42. The van der Waals surface area contributed by atoms with E-state index in [1.165, 1.54) is 35.6 Å². The first-order valence-corrected chi connectivity index (χ1v) is 11.3. The third-order valence-corrected chi connectivity index (χ3v) is 6.20. The van der Waals surface area contributed by atoms with Gasteiger partial charge < -0.3 is 0 Å². The molecule has 4 aromatic rings. The van der Waals surface area contributed by atoms with Crippen molar-refractivity contribution >= 4 is 49.9 Å². The fraction of sp³-hybridized carbons (Fsp3) is 0.0400. The lowest BCUT2D eigenvalue weighted by molar-refractivity contribution is 0.0817. The Labute approximate surface area is 197 Å². The number of anilines is 1. The van der Waals surface area contributed by atoms with Gasteiger partial charge in [-0.1, -0.05) is 70.5 Å². The second-order valence-corrected chi connectivity index (χ2v) is 9.11. The molecule has 1 N–H and O–H groups in total. The van der Waals surface area contributed by atoms with E-state index in [1.54, 1.807) is 30.3 Å². The number of carbonyl (C=O) groups excluding carboxylic acids is 3. The van der Waals surface area contributed by atoms with Crippen LogP contribution >= 0.6 is 27.3 Å². The van der Waals surface area contributed by atoms with E-state index in [0.717, 1.165) is 20.6 Å². The molecule has 5 nitrogen and oxygen atoms in total. The molecule has 7 heteroatoms. The molecule has 0 aliphatic carbocycles. The van der Waals surface area contributed by atoms with Crippen LogP contribution in [0.1, 0.15) is 36.0 Å². The van der Waals surface area contributed by atoms with Crippen molar-refractivity contribution in [3.63, 3.8) is 0 Å². The van der Waals surface area contributed by atoms with E-state index < -0.39 is 11.6 Å². The van der Waals surface area contributed by atoms with E-state index in [9.17, 15) is 14.4 Å². The molecule has 0 unspecified atom stereocenters. The normalized spacial score (nSPS) is 10.6. The first kappa shape index (κ1) is 21.8. The predicted molar refractivity (Wildman–Crippen MR) is 129 cm³/mol. The Morgan fingerprint density at radius 1 is 0.781 bits per heavy atom. The quantitative estimate of drug-likeness (QED) is 0.250. The second-order valence-electron chi connectivity index (χ2n) is 6.99. The molecule has 0 aliphatic rings. The molecule has 0 aliphatic heterocycles. The van der Waals surface area contributed by atoms with Crippen LogP contribution in [0.3, 0.4) is 0 Å². The number of nitrogens with zero attached hydrogens (tertiary/aromatic N) is 1. The van der Waals surface area contributed by atoms with Crippen LogP contribution in [-0.2, 0) is 0 Å². The minimum atomic E-state index is -0.613. The van der Waals surface area contributed by atoms with Crippen molar-refractivity contribution in [1.82, 2.24) is 4.98 Å². The molecule has 0 spiro atoms. The summed E-state index contributed by atoms with van der Waals surface area (Å²) in [4.78, 5) is 43.0. The standard InChI is InChI=1S/C25H17BrN2O3S/c1-15-21(16-11-13-20(26)14-12-16)27-25(32-15)28-24(31)19-9-7-18(8-10-19)23(30)22(29)17-5-3-2-4-6-17/h2-14H,1H3,(H,27,28,31). The number of amides is 1. The molecule has 3 aromatic carbocycles. The Bertz CT molecular complexity index is 1300. The van der Waals surface area contributed by atoms with Crippen LogP contribution < -0.4 is 5.32 Å². The number of aryl methyl sites for hydroxylation is 1. The maximum Gasteiger partial charge on any atom is 0.257 e. The lowest BCUT2D eigenvalue weighted by Crippen LogP contribution is -2.15. The van der Waals surface area contributed by atoms with E-state index in [2.05, 4.69) is 26.2 Å². The van der Waals surface area contributed by atoms with Gasteiger partial charge in [0.15, 0.2) is 5.13 Å². The highest BCUT2D eigenvalue weighted by Gasteiger charge is 2.19. The summed E-state index contributed by atoms with van der Waals surface area (Å²) in [5, 5.41) is 3.30. The molecule has 32 heavy (non-hydrogen) atoms. The van der Waals surface area contributed by atoms with E-state index in [4.69, 9.17) is 0 Å². The number of aromatic nitrogens is 1. The van der Waals surface area contributed by atoms with Crippen LogP contribution in [0.2, 0.25) is 0 Å². The van der Waals surface area contributed by atoms with Gasteiger partial charge in [-0.15, -0.1) is 11.3 Å². The van der Waals surface area contributed by atoms with Gasteiger partial charge in [0, 0.05) is 31.6 Å². The molecular formula is C25H17BrN2O3S. The summed E-state index contributed by atoms with van der Waals surface area (Å²) in [7, 11) is 0. The van der Waals surface area contributed by atoms with Gasteiger partial charge in [-0.25, -0.2) is 4.98 Å². The Kier molecular flexibility index (Phi) is 6.39. The van der Waals surface area contributed by atoms with Crippen LogP contribution in [0, 0.1) is 6.92 Å². The number of ketones is 2. The monoisotopic (exact) mass is 504 g/mol. The first-order chi connectivity index (χ1) is 15.4. The zero-order valence-corrected chi connectivity index (χ0v) is 19.4. The first-order valence-electron chi connectivity index (χ1n) is 9.71. The Morgan fingerprint density at radius 2 is 1.34 bits per heavy atom. The molecule has 0 radical (unpaired) electrons. The molecule has 0 saturated carbocycles. The largest absolute Gasteiger partial charge is 0.298 e. The minimum absolute atomic E-state index is 0.234. The highest BCUT2D eigenvalue weighted by atomic mass is 79.9. The van der Waals surface area contributed by atoms with Gasteiger partial charge in [-0.3, -0.25) is 19.7 Å². The maximum atomic E-state index is 12.6. The van der Waals surface area contributed by atoms with Crippen molar-refractivity contribution in [3.05, 3.63) is 105 Å². The number of halogens is 1. The van der Waals surface area contributed by atoms with Crippen LogP contribution in [0.4, 0.5) is 5.13 Å². The van der Waals surface area contributed by atoms with E-state index in [-0.39, 0.29) is 11.5 Å². The summed E-state index contributed by atoms with van der Waals surface area (Å²) in [5.74, 6) is -1.53. The van der Waals surface area contributed by atoms with Gasteiger partial charge in [0.2, 0.25) is 11.6 Å². The van der Waals surface area contributed by atoms with Gasteiger partial charge in [0.05, 0.1) is 5.69 Å². The molecule has 1 amide bonds. The average Bonchev–Trinajstić information content (AvgIpc) is 3.19. The number of thiazole rings is 1. The van der Waals surface area contributed by atoms with Crippen molar-refractivity contribution in [2.75, 3.05) is 5.32 Å². The van der Waals surface area contributed by atoms with Crippen LogP contribution in [0.15, 0.2) is 83.3 Å². The Balaban J connectivity index is 1.46. The topological polar surface area (TPSA) is 76.1 Å². The number of nitrogens with one attached hydrogen (secondary N) is 1. The molecule has 1 aromatic heterocycles. The third-order valence-electron chi connectivity index (χ3n) is 4.79. The summed E-state index contributed by atoms with van der Waals surface area (Å²) < 4.78 is 0.982. The van der Waals surface area contributed by atoms with Crippen molar-refractivity contribution in [1.29, 1.82) is 0 Å². The number of carbonyl (C=O) groups is 3. The summed E-state index contributed by atoms with van der Waals surface area (Å²) in [6.45, 7) is 1.95. The lowest BCUT2D eigenvalue weighted by Gasteiger charge is -2.04. The summed E-state index contributed by atoms with van der Waals surface area (Å²) in [5.41, 5.74) is 2.72. The molecule has 0 bridgehead atoms.